The van der Waals surface area contributed by atoms with Crippen molar-refractivity contribution in [2.45, 2.75) is 45.7 Å². The summed E-state index contributed by atoms with van der Waals surface area (Å²) in [7, 11) is 3.33. The minimum Gasteiger partial charge on any atom is -0.493 e. The van der Waals surface area contributed by atoms with Crippen LogP contribution in [0.3, 0.4) is 0 Å². The fourth-order valence-electron chi connectivity index (χ4n) is 2.58. The summed E-state index contributed by atoms with van der Waals surface area (Å²) in [6.45, 7) is 11.9. The fourth-order valence-corrected chi connectivity index (χ4v) is 3.52. The normalized spacial score (nSPS) is 11.4. The van der Waals surface area contributed by atoms with Crippen molar-refractivity contribution in [3.05, 3.63) is 52.0 Å². The van der Waals surface area contributed by atoms with Gasteiger partial charge in [-0.05, 0) is 18.1 Å². The second kappa shape index (κ2) is 8.50. The maximum atomic E-state index is 5.48. The van der Waals surface area contributed by atoms with Crippen LogP contribution in [-0.4, -0.2) is 19.2 Å². The van der Waals surface area contributed by atoms with Crippen LogP contribution < -0.4 is 14.8 Å². The molecule has 0 spiro atoms. The molecule has 0 aliphatic carbocycles. The van der Waals surface area contributed by atoms with E-state index in [2.05, 4.69) is 43.7 Å². The van der Waals surface area contributed by atoms with Gasteiger partial charge in [-0.15, -0.1) is 17.9 Å². The van der Waals surface area contributed by atoms with Crippen molar-refractivity contribution in [1.29, 1.82) is 0 Å². The summed E-state index contributed by atoms with van der Waals surface area (Å²) in [6.07, 6.45) is 4.59. The van der Waals surface area contributed by atoms with E-state index in [0.29, 0.717) is 0 Å². The van der Waals surface area contributed by atoms with Crippen molar-refractivity contribution in [3.8, 4) is 11.5 Å². The van der Waals surface area contributed by atoms with E-state index in [9.17, 15) is 0 Å². The molecule has 1 aromatic carbocycles. The van der Waals surface area contributed by atoms with Gasteiger partial charge in [0.15, 0.2) is 11.5 Å². The number of hydrogen-bond donors (Lipinski definition) is 1. The topological polar surface area (TPSA) is 43.4 Å². The van der Waals surface area contributed by atoms with Gasteiger partial charge in [-0.2, -0.15) is 0 Å². The zero-order chi connectivity index (χ0) is 18.4. The standard InChI is InChI=1S/C20H28N2O2S/c1-7-8-15-9-14(10-17(23-5)18(15)24-6)11-21-12-16-13-22-19(25-16)20(2,3)4/h7,9-10,13,21H,1,8,11-12H2,2-6H3. The molecule has 4 nitrogen and oxygen atoms in total. The molecule has 0 unspecified atom stereocenters. The first kappa shape index (κ1) is 19.5. The van der Waals surface area contributed by atoms with Crippen LogP contribution in [0.15, 0.2) is 31.0 Å². The Hall–Kier alpha value is -1.85. The highest BCUT2D eigenvalue weighted by Crippen LogP contribution is 2.33. The highest BCUT2D eigenvalue weighted by atomic mass is 32.1. The zero-order valence-corrected chi connectivity index (χ0v) is 16.6. The van der Waals surface area contributed by atoms with Gasteiger partial charge >= 0.3 is 0 Å². The Morgan fingerprint density at radius 3 is 2.52 bits per heavy atom. The molecule has 2 aromatic rings. The number of benzene rings is 1. The SMILES string of the molecule is C=CCc1cc(CNCc2cnc(C(C)(C)C)s2)cc(OC)c1OC. The molecule has 25 heavy (non-hydrogen) atoms. The molecule has 136 valence electrons. The number of aromatic nitrogens is 1. The van der Waals surface area contributed by atoms with Gasteiger partial charge in [0.2, 0.25) is 0 Å². The lowest BCUT2D eigenvalue weighted by molar-refractivity contribution is 0.351. The van der Waals surface area contributed by atoms with E-state index in [1.807, 2.05) is 18.3 Å². The third-order valence-electron chi connectivity index (χ3n) is 3.80. The number of allylic oxidation sites excluding steroid dienone is 1. The summed E-state index contributed by atoms with van der Waals surface area (Å²) in [5, 5.41) is 4.66. The molecule has 0 bridgehead atoms. The van der Waals surface area contributed by atoms with Crippen LogP contribution in [0, 0.1) is 0 Å². The van der Waals surface area contributed by atoms with E-state index < -0.39 is 0 Å². The minimum absolute atomic E-state index is 0.103. The molecule has 2 rings (SSSR count). The first-order valence-electron chi connectivity index (χ1n) is 8.39. The molecule has 1 heterocycles. The van der Waals surface area contributed by atoms with Crippen molar-refractivity contribution in [2.75, 3.05) is 14.2 Å². The smallest absolute Gasteiger partial charge is 0.164 e. The van der Waals surface area contributed by atoms with E-state index in [1.165, 1.54) is 9.88 Å². The molecule has 0 aliphatic rings. The molecule has 0 amide bonds. The number of rotatable bonds is 8. The molecule has 0 saturated carbocycles. The van der Waals surface area contributed by atoms with Crippen molar-refractivity contribution in [2.24, 2.45) is 0 Å². The Labute approximate surface area is 154 Å². The summed E-state index contributed by atoms with van der Waals surface area (Å²) in [5.41, 5.74) is 2.35. The predicted octanol–water partition coefficient (Wildman–Crippen LogP) is 4.48. The van der Waals surface area contributed by atoms with Gasteiger partial charge in [0, 0.05) is 35.1 Å². The molecule has 1 N–H and O–H groups in total. The van der Waals surface area contributed by atoms with Gasteiger partial charge in [0.1, 0.15) is 0 Å². The Bertz CT molecular complexity index is 717. The predicted molar refractivity (Wildman–Crippen MR) is 105 cm³/mol. The monoisotopic (exact) mass is 360 g/mol. The third-order valence-corrected chi connectivity index (χ3v) is 5.23. The summed E-state index contributed by atoms with van der Waals surface area (Å²) >= 11 is 1.77. The van der Waals surface area contributed by atoms with Crippen molar-refractivity contribution < 1.29 is 9.47 Å². The van der Waals surface area contributed by atoms with Gasteiger partial charge in [-0.3, -0.25) is 0 Å². The zero-order valence-electron chi connectivity index (χ0n) is 15.8. The van der Waals surface area contributed by atoms with Crippen LogP contribution in [-0.2, 0) is 24.9 Å². The summed E-state index contributed by atoms with van der Waals surface area (Å²) in [4.78, 5) is 5.78. The number of ether oxygens (including phenoxy) is 2. The summed E-state index contributed by atoms with van der Waals surface area (Å²) in [5.74, 6) is 1.54. The van der Waals surface area contributed by atoms with Gasteiger partial charge in [0.25, 0.3) is 0 Å². The van der Waals surface area contributed by atoms with Crippen molar-refractivity contribution >= 4 is 11.3 Å². The second-order valence-corrected chi connectivity index (χ2v) is 8.08. The van der Waals surface area contributed by atoms with Gasteiger partial charge in [-0.1, -0.05) is 32.9 Å². The Morgan fingerprint density at radius 2 is 1.96 bits per heavy atom. The van der Waals surface area contributed by atoms with Crippen LogP contribution in [0.5, 0.6) is 11.5 Å². The Kier molecular flexibility index (Phi) is 6.62. The van der Waals surface area contributed by atoms with E-state index in [4.69, 9.17) is 9.47 Å². The first-order valence-corrected chi connectivity index (χ1v) is 9.21. The van der Waals surface area contributed by atoms with Gasteiger partial charge in [0.05, 0.1) is 19.2 Å². The third kappa shape index (κ3) is 5.06. The summed E-state index contributed by atoms with van der Waals surface area (Å²) in [6, 6.07) is 4.16. The number of hydrogen-bond acceptors (Lipinski definition) is 5. The molecule has 0 atom stereocenters. The molecule has 5 heteroatoms. The van der Waals surface area contributed by atoms with Crippen molar-refractivity contribution in [3.63, 3.8) is 0 Å². The number of methoxy groups -OCH3 is 2. The summed E-state index contributed by atoms with van der Waals surface area (Å²) < 4.78 is 11.0. The average Bonchev–Trinajstić information content (AvgIpc) is 3.04. The lowest BCUT2D eigenvalue weighted by Crippen LogP contribution is -2.12. The molecular weight excluding hydrogens is 332 g/mol. The van der Waals surface area contributed by atoms with E-state index in [1.54, 1.807) is 25.6 Å². The van der Waals surface area contributed by atoms with Gasteiger partial charge < -0.3 is 14.8 Å². The van der Waals surface area contributed by atoms with E-state index >= 15 is 0 Å². The van der Waals surface area contributed by atoms with Crippen LogP contribution in [0.2, 0.25) is 0 Å². The van der Waals surface area contributed by atoms with Crippen LogP contribution in [0.1, 0.15) is 41.8 Å². The minimum atomic E-state index is 0.103. The highest BCUT2D eigenvalue weighted by molar-refractivity contribution is 7.11. The molecule has 0 radical (unpaired) electrons. The Balaban J connectivity index is 2.06. The van der Waals surface area contributed by atoms with E-state index in [0.717, 1.165) is 42.1 Å². The lowest BCUT2D eigenvalue weighted by Gasteiger charge is -2.15. The number of nitrogens with zero attached hydrogens (tertiary/aromatic N) is 1. The van der Waals surface area contributed by atoms with Crippen molar-refractivity contribution in [1.82, 2.24) is 10.3 Å². The number of nitrogens with one attached hydrogen (secondary N) is 1. The first-order chi connectivity index (χ1) is 11.9. The lowest BCUT2D eigenvalue weighted by atomic mass is 9.98. The quantitative estimate of drug-likeness (QED) is 0.705. The van der Waals surface area contributed by atoms with E-state index in [-0.39, 0.29) is 5.41 Å². The highest BCUT2D eigenvalue weighted by Gasteiger charge is 2.18. The number of thiazole rings is 1. The fraction of sp³-hybridized carbons (Fsp3) is 0.450. The van der Waals surface area contributed by atoms with Crippen LogP contribution in [0.25, 0.3) is 0 Å². The molecule has 0 fully saturated rings. The molecule has 1 aromatic heterocycles. The maximum absolute atomic E-state index is 5.48. The average molecular weight is 361 g/mol. The molecule has 0 aliphatic heterocycles. The maximum Gasteiger partial charge on any atom is 0.164 e. The van der Waals surface area contributed by atoms with Crippen LogP contribution in [0.4, 0.5) is 0 Å². The molecular formula is C20H28N2O2S. The largest absolute Gasteiger partial charge is 0.493 e. The second-order valence-electron chi connectivity index (χ2n) is 6.97. The molecule has 0 saturated heterocycles. The van der Waals surface area contributed by atoms with Gasteiger partial charge in [-0.25, -0.2) is 4.98 Å². The Morgan fingerprint density at radius 1 is 1.20 bits per heavy atom. The van der Waals surface area contributed by atoms with Crippen LogP contribution >= 0.6 is 11.3 Å².